The second-order valence-corrected chi connectivity index (χ2v) is 10.4. The molecule has 2 aliphatic rings. The van der Waals surface area contributed by atoms with Gasteiger partial charge in [0, 0.05) is 36.4 Å². The first-order valence-electron chi connectivity index (χ1n) is 11.0. The van der Waals surface area contributed by atoms with Gasteiger partial charge in [0.05, 0.1) is 9.92 Å². The summed E-state index contributed by atoms with van der Waals surface area (Å²) < 4.78 is 15.7. The van der Waals surface area contributed by atoms with Crippen molar-refractivity contribution in [2.45, 2.75) is 35.1 Å². The molecule has 1 aliphatic carbocycles. The minimum absolute atomic E-state index is 0.0489. The fraction of sp³-hybridized carbons (Fsp3) is 0.304. The van der Waals surface area contributed by atoms with Gasteiger partial charge in [0.25, 0.3) is 0 Å². The Morgan fingerprint density at radius 1 is 1.15 bits per heavy atom. The van der Waals surface area contributed by atoms with Crippen LogP contribution in [0.1, 0.15) is 30.0 Å². The molecule has 0 radical (unpaired) electrons. The van der Waals surface area contributed by atoms with Crippen molar-refractivity contribution >= 4 is 40.8 Å². The Bertz CT molecular complexity index is 1400. The first-order chi connectivity index (χ1) is 16.4. The second-order valence-electron chi connectivity index (χ2n) is 8.90. The fourth-order valence-corrected chi connectivity index (χ4v) is 6.33. The van der Waals surface area contributed by atoms with E-state index in [1.54, 1.807) is 24.8 Å². The molecule has 0 amide bonds. The molecule has 1 atom stereocenters. The standard InChI is InChI=1S/C23H22ClFN8S/c24-18-16(3-6-28-20(18)27)34-17-11-29-22(33-12-30-31-21(17)33)32-7-4-23(5-8-32)10-13-1-2-14(25)9-15(13)19(23)26/h1-3,6,9,11-12,19H,4-5,7-8,10,26H2,(H2,27,28). The van der Waals surface area contributed by atoms with Gasteiger partial charge < -0.3 is 16.4 Å². The summed E-state index contributed by atoms with van der Waals surface area (Å²) in [4.78, 5) is 12.6. The molecular weight excluding hydrogens is 475 g/mol. The van der Waals surface area contributed by atoms with Crippen LogP contribution in [0, 0.1) is 11.2 Å². The summed E-state index contributed by atoms with van der Waals surface area (Å²) in [5.41, 5.74) is 15.3. The molecule has 1 spiro atoms. The molecule has 4 aromatic rings. The number of pyridine rings is 1. The van der Waals surface area contributed by atoms with Crippen LogP contribution in [0.25, 0.3) is 5.65 Å². The molecule has 6 rings (SSSR count). The average molecular weight is 497 g/mol. The topological polar surface area (TPSA) is 111 Å². The van der Waals surface area contributed by atoms with Gasteiger partial charge in [-0.1, -0.05) is 29.4 Å². The van der Waals surface area contributed by atoms with Gasteiger partial charge in [-0.25, -0.2) is 18.8 Å². The Labute approximate surface area is 204 Å². The van der Waals surface area contributed by atoms with Gasteiger partial charge in [-0.2, -0.15) is 0 Å². The number of halogens is 2. The SMILES string of the molecule is Nc1nccc(Sc2cnc(N3CCC4(CC3)Cc3ccc(F)cc3C4N)n3cnnc23)c1Cl. The summed E-state index contributed by atoms with van der Waals surface area (Å²) in [6.07, 6.45) is 7.78. The Kier molecular flexibility index (Phi) is 5.12. The summed E-state index contributed by atoms with van der Waals surface area (Å²) in [5, 5.41) is 8.85. The Morgan fingerprint density at radius 2 is 1.97 bits per heavy atom. The van der Waals surface area contributed by atoms with E-state index >= 15 is 0 Å². The van der Waals surface area contributed by atoms with Crippen molar-refractivity contribution in [1.82, 2.24) is 24.6 Å². The minimum Gasteiger partial charge on any atom is -0.382 e. The quantitative estimate of drug-likeness (QED) is 0.439. The van der Waals surface area contributed by atoms with E-state index in [0.717, 1.165) is 53.7 Å². The van der Waals surface area contributed by atoms with Crippen molar-refractivity contribution < 1.29 is 4.39 Å². The van der Waals surface area contributed by atoms with Crippen LogP contribution in [0.4, 0.5) is 16.2 Å². The third kappa shape index (κ3) is 3.40. The number of fused-ring (bicyclic) bond motifs is 2. The number of rotatable bonds is 3. The Balaban J connectivity index is 1.25. The molecule has 8 nitrogen and oxygen atoms in total. The van der Waals surface area contributed by atoms with Crippen molar-refractivity contribution in [1.29, 1.82) is 0 Å². The van der Waals surface area contributed by atoms with Gasteiger partial charge in [-0.3, -0.25) is 0 Å². The highest BCUT2D eigenvalue weighted by atomic mass is 35.5. The predicted octanol–water partition coefficient (Wildman–Crippen LogP) is 3.89. The number of nitrogens with two attached hydrogens (primary N) is 2. The van der Waals surface area contributed by atoms with E-state index in [2.05, 4.69) is 20.1 Å². The zero-order chi connectivity index (χ0) is 23.4. The number of benzene rings is 1. The van der Waals surface area contributed by atoms with E-state index in [0.29, 0.717) is 10.7 Å². The lowest BCUT2D eigenvalue weighted by atomic mass is 9.73. The predicted molar refractivity (Wildman–Crippen MR) is 129 cm³/mol. The lowest BCUT2D eigenvalue weighted by Crippen LogP contribution is -2.45. The normalized spacial score (nSPS) is 19.1. The zero-order valence-electron chi connectivity index (χ0n) is 18.2. The minimum atomic E-state index is -0.225. The van der Waals surface area contributed by atoms with E-state index in [1.807, 2.05) is 16.5 Å². The Morgan fingerprint density at radius 3 is 2.79 bits per heavy atom. The lowest BCUT2D eigenvalue weighted by molar-refractivity contribution is 0.186. The van der Waals surface area contributed by atoms with Gasteiger partial charge in [-0.15, -0.1) is 10.2 Å². The summed E-state index contributed by atoms with van der Waals surface area (Å²) in [5.74, 6) is 0.845. The highest BCUT2D eigenvalue weighted by Gasteiger charge is 2.46. The van der Waals surface area contributed by atoms with Crippen LogP contribution < -0.4 is 16.4 Å². The number of anilines is 2. The third-order valence-electron chi connectivity index (χ3n) is 7.07. The van der Waals surface area contributed by atoms with Crippen LogP contribution >= 0.6 is 23.4 Å². The van der Waals surface area contributed by atoms with Crippen LogP contribution in [0.15, 0.2) is 52.8 Å². The van der Waals surface area contributed by atoms with Gasteiger partial charge in [0.2, 0.25) is 5.95 Å². The second kappa shape index (κ2) is 8.07. The number of nitrogen functional groups attached to an aromatic ring is 1. The maximum Gasteiger partial charge on any atom is 0.212 e. The maximum absolute atomic E-state index is 13.8. The van der Waals surface area contributed by atoms with Gasteiger partial charge in [-0.05, 0) is 54.0 Å². The summed E-state index contributed by atoms with van der Waals surface area (Å²) in [6.45, 7) is 1.59. The summed E-state index contributed by atoms with van der Waals surface area (Å²) in [6, 6.07) is 6.66. The molecule has 4 N–H and O–H groups in total. The molecule has 1 aliphatic heterocycles. The van der Waals surface area contributed by atoms with E-state index in [1.165, 1.54) is 23.4 Å². The monoisotopic (exact) mass is 496 g/mol. The molecule has 1 unspecified atom stereocenters. The smallest absolute Gasteiger partial charge is 0.212 e. The first kappa shape index (κ1) is 21.6. The number of hydrogen-bond acceptors (Lipinski definition) is 8. The number of hydrogen-bond donors (Lipinski definition) is 2. The van der Waals surface area contributed by atoms with Gasteiger partial charge >= 0.3 is 0 Å². The van der Waals surface area contributed by atoms with Crippen LogP contribution in [-0.2, 0) is 6.42 Å². The maximum atomic E-state index is 13.8. The molecule has 11 heteroatoms. The molecule has 0 saturated carbocycles. The van der Waals surface area contributed by atoms with E-state index in [-0.39, 0.29) is 23.1 Å². The molecule has 0 bridgehead atoms. The largest absolute Gasteiger partial charge is 0.382 e. The fourth-order valence-electron chi connectivity index (χ4n) is 5.21. The van der Waals surface area contributed by atoms with Crippen LogP contribution in [0.3, 0.4) is 0 Å². The van der Waals surface area contributed by atoms with Crippen LogP contribution in [0.2, 0.25) is 5.02 Å². The average Bonchev–Trinajstić information content (AvgIpc) is 3.43. The van der Waals surface area contributed by atoms with Crippen molar-refractivity contribution in [3.05, 3.63) is 65.0 Å². The van der Waals surface area contributed by atoms with Crippen molar-refractivity contribution in [2.75, 3.05) is 23.7 Å². The highest BCUT2D eigenvalue weighted by molar-refractivity contribution is 7.99. The Hall–Kier alpha value is -2.95. The van der Waals surface area contributed by atoms with Crippen LogP contribution in [0.5, 0.6) is 0 Å². The van der Waals surface area contributed by atoms with Crippen molar-refractivity contribution in [2.24, 2.45) is 11.1 Å². The molecule has 1 saturated heterocycles. The molecule has 4 heterocycles. The van der Waals surface area contributed by atoms with E-state index in [9.17, 15) is 4.39 Å². The van der Waals surface area contributed by atoms with Gasteiger partial charge in [0.15, 0.2) is 5.65 Å². The zero-order valence-corrected chi connectivity index (χ0v) is 19.7. The summed E-state index contributed by atoms with van der Waals surface area (Å²) in [7, 11) is 0. The van der Waals surface area contributed by atoms with Crippen molar-refractivity contribution in [3.8, 4) is 0 Å². The molecular formula is C23H22ClFN8S. The molecule has 174 valence electrons. The third-order valence-corrected chi connectivity index (χ3v) is 8.65. The van der Waals surface area contributed by atoms with Gasteiger partial charge in [0.1, 0.15) is 18.0 Å². The first-order valence-corrected chi connectivity index (χ1v) is 12.2. The number of aromatic nitrogens is 5. The van der Waals surface area contributed by atoms with Crippen LogP contribution in [-0.4, -0.2) is 37.7 Å². The highest BCUT2D eigenvalue weighted by Crippen LogP contribution is 2.51. The number of piperidine rings is 1. The molecule has 1 aromatic carbocycles. The molecule has 3 aromatic heterocycles. The van der Waals surface area contributed by atoms with Crippen molar-refractivity contribution in [3.63, 3.8) is 0 Å². The lowest BCUT2D eigenvalue weighted by Gasteiger charge is -2.42. The summed E-state index contributed by atoms with van der Waals surface area (Å²) >= 11 is 7.75. The number of nitrogens with zero attached hydrogens (tertiary/aromatic N) is 6. The van der Waals surface area contributed by atoms with E-state index < -0.39 is 0 Å². The molecule has 1 fully saturated rings. The van der Waals surface area contributed by atoms with E-state index in [4.69, 9.17) is 28.1 Å². The molecule has 34 heavy (non-hydrogen) atoms.